The number of halogens is 4. The summed E-state index contributed by atoms with van der Waals surface area (Å²) in [4.78, 5) is 28.4. The molecule has 2 aromatic carbocycles. The van der Waals surface area contributed by atoms with Crippen LogP contribution in [0, 0.1) is 5.82 Å². The Kier molecular flexibility index (Phi) is 8.23. The number of aromatic nitrogens is 2. The molecule has 0 atom stereocenters. The molecule has 40 heavy (non-hydrogen) atoms. The molecular formula is C25H23F4N5O5S. The number of hydrogen-bond acceptors (Lipinski definition) is 8. The zero-order valence-corrected chi connectivity index (χ0v) is 21.5. The van der Waals surface area contributed by atoms with Crippen molar-refractivity contribution >= 4 is 27.7 Å². The topological polar surface area (TPSA) is 133 Å². The molecule has 0 saturated carbocycles. The molecule has 1 aliphatic heterocycles. The second-order valence-corrected chi connectivity index (χ2v) is 10.8. The summed E-state index contributed by atoms with van der Waals surface area (Å²) in [6.07, 6.45) is -6.29. The summed E-state index contributed by atoms with van der Waals surface area (Å²) >= 11 is 0. The number of carbonyl (C=O) groups is 2. The first-order chi connectivity index (χ1) is 18.8. The molecule has 212 valence electrons. The molecule has 0 bridgehead atoms. The van der Waals surface area contributed by atoms with Crippen molar-refractivity contribution < 1.29 is 40.7 Å². The summed E-state index contributed by atoms with van der Waals surface area (Å²) in [5.74, 6) is -3.16. The van der Waals surface area contributed by atoms with E-state index in [-0.39, 0.29) is 35.9 Å². The number of nitrogens with one attached hydrogen (secondary N) is 1. The number of carbonyl (C=O) groups excluding carboxylic acids is 2. The van der Waals surface area contributed by atoms with Gasteiger partial charge < -0.3 is 14.9 Å². The van der Waals surface area contributed by atoms with E-state index >= 15 is 0 Å². The molecular weight excluding hydrogens is 558 g/mol. The Morgan fingerprint density at radius 3 is 2.30 bits per heavy atom. The third-order valence-corrected chi connectivity index (χ3v) is 7.29. The molecule has 2 amide bonds. The Morgan fingerprint density at radius 1 is 0.975 bits per heavy atom. The monoisotopic (exact) mass is 581 g/mol. The van der Waals surface area contributed by atoms with E-state index in [1.165, 1.54) is 41.1 Å². The van der Waals surface area contributed by atoms with Crippen molar-refractivity contribution in [1.82, 2.24) is 19.8 Å². The molecule has 2 N–H and O–H groups in total. The van der Waals surface area contributed by atoms with E-state index in [0.29, 0.717) is 24.5 Å². The van der Waals surface area contributed by atoms with Crippen molar-refractivity contribution in [3.8, 4) is 16.9 Å². The lowest BCUT2D eigenvalue weighted by Gasteiger charge is -2.35. The van der Waals surface area contributed by atoms with E-state index in [1.54, 1.807) is 21.9 Å². The number of sulfonamides is 1. The smallest absolute Gasteiger partial charge is 0.390 e. The van der Waals surface area contributed by atoms with E-state index in [4.69, 9.17) is 0 Å². The van der Waals surface area contributed by atoms with Crippen LogP contribution in [-0.2, 0) is 10.0 Å². The lowest BCUT2D eigenvalue weighted by molar-refractivity contribution is -0.130. The van der Waals surface area contributed by atoms with Gasteiger partial charge in [0.05, 0.1) is 12.2 Å². The number of alkyl halides is 3. The van der Waals surface area contributed by atoms with Gasteiger partial charge in [-0.3, -0.25) is 9.59 Å². The quantitative estimate of drug-likeness (QED) is 0.407. The van der Waals surface area contributed by atoms with Gasteiger partial charge in [0, 0.05) is 37.3 Å². The average Bonchev–Trinajstić information content (AvgIpc) is 2.91. The number of amides is 2. The molecule has 1 fully saturated rings. The number of piperazine rings is 1. The molecule has 1 aliphatic rings. The average molecular weight is 582 g/mol. The molecule has 15 heteroatoms. The minimum Gasteiger partial charge on any atom is -0.508 e. The van der Waals surface area contributed by atoms with E-state index in [9.17, 15) is 40.7 Å². The highest BCUT2D eigenvalue weighted by atomic mass is 32.2. The van der Waals surface area contributed by atoms with Gasteiger partial charge in [-0.1, -0.05) is 18.2 Å². The number of benzene rings is 2. The largest absolute Gasteiger partial charge is 0.508 e. The molecule has 0 unspecified atom stereocenters. The first-order valence-electron chi connectivity index (χ1n) is 11.9. The molecule has 4 rings (SSSR count). The summed E-state index contributed by atoms with van der Waals surface area (Å²) in [5, 5.41) is 17.2. The summed E-state index contributed by atoms with van der Waals surface area (Å²) in [6.45, 7) is 1.22. The Bertz CT molecular complexity index is 1510. The first kappa shape index (κ1) is 28.7. The van der Waals surface area contributed by atoms with Gasteiger partial charge in [-0.2, -0.15) is 13.2 Å². The normalized spacial score (nSPS) is 14.2. The Hall–Kier alpha value is -4.27. The van der Waals surface area contributed by atoms with E-state index in [1.807, 2.05) is 0 Å². The SMILES string of the molecule is O=C(NS(=O)(=O)CCC(F)(F)F)c1ccc(N2CCN(C(=O)c3ccc(-c4cccc(O)c4)c(F)c3)CC2)nn1. The van der Waals surface area contributed by atoms with Gasteiger partial charge in [0.25, 0.3) is 11.8 Å². The lowest BCUT2D eigenvalue weighted by atomic mass is 10.0. The standard InChI is InChI=1S/C25H23F4N5O5S/c26-20-15-17(4-5-19(20)16-2-1-3-18(35)14-16)24(37)34-11-9-33(10-12-34)22-7-6-21(30-31-22)23(36)32-40(38,39)13-8-25(27,28)29/h1-7,14-15,35H,8-13H2,(H,32,36). The van der Waals surface area contributed by atoms with Crippen LogP contribution in [0.2, 0.25) is 0 Å². The van der Waals surface area contributed by atoms with Crippen molar-refractivity contribution in [3.05, 3.63) is 71.7 Å². The molecule has 0 spiro atoms. The fourth-order valence-electron chi connectivity index (χ4n) is 3.99. The third kappa shape index (κ3) is 7.22. The van der Waals surface area contributed by atoms with Crippen molar-refractivity contribution in [2.75, 3.05) is 36.8 Å². The predicted molar refractivity (Wildman–Crippen MR) is 136 cm³/mol. The maximum Gasteiger partial charge on any atom is 0.390 e. The van der Waals surface area contributed by atoms with Crippen LogP contribution in [0.15, 0.2) is 54.6 Å². The van der Waals surface area contributed by atoms with Crippen molar-refractivity contribution in [2.45, 2.75) is 12.6 Å². The first-order valence-corrected chi connectivity index (χ1v) is 13.5. The highest BCUT2D eigenvalue weighted by Gasteiger charge is 2.31. The Morgan fingerprint density at radius 2 is 1.70 bits per heavy atom. The van der Waals surface area contributed by atoms with Crippen LogP contribution in [0.3, 0.4) is 0 Å². The van der Waals surface area contributed by atoms with Crippen molar-refractivity contribution in [2.24, 2.45) is 0 Å². The van der Waals surface area contributed by atoms with Gasteiger partial charge in [-0.25, -0.2) is 17.5 Å². The highest BCUT2D eigenvalue weighted by molar-refractivity contribution is 7.90. The number of anilines is 1. The third-order valence-electron chi connectivity index (χ3n) is 6.05. The van der Waals surface area contributed by atoms with Crippen LogP contribution in [0.5, 0.6) is 5.75 Å². The van der Waals surface area contributed by atoms with Gasteiger partial charge in [-0.15, -0.1) is 10.2 Å². The maximum absolute atomic E-state index is 14.8. The summed E-state index contributed by atoms with van der Waals surface area (Å²) < 4.78 is 76.6. The zero-order chi connectivity index (χ0) is 29.1. The highest BCUT2D eigenvalue weighted by Crippen LogP contribution is 2.27. The number of phenolic OH excluding ortho intramolecular Hbond substituents is 1. The molecule has 1 aromatic heterocycles. The number of aromatic hydroxyl groups is 1. The molecule has 1 saturated heterocycles. The van der Waals surface area contributed by atoms with Crippen molar-refractivity contribution in [1.29, 1.82) is 0 Å². The van der Waals surface area contributed by atoms with E-state index in [0.717, 1.165) is 6.07 Å². The number of rotatable bonds is 7. The van der Waals surface area contributed by atoms with E-state index < -0.39 is 45.8 Å². The lowest BCUT2D eigenvalue weighted by Crippen LogP contribution is -2.49. The number of hydrogen-bond donors (Lipinski definition) is 2. The molecule has 0 aliphatic carbocycles. The van der Waals surface area contributed by atoms with Gasteiger partial charge in [0.1, 0.15) is 11.6 Å². The van der Waals surface area contributed by atoms with Gasteiger partial charge >= 0.3 is 6.18 Å². The van der Waals surface area contributed by atoms with Crippen LogP contribution in [0.25, 0.3) is 11.1 Å². The van der Waals surface area contributed by atoms with Gasteiger partial charge in [-0.05, 0) is 42.0 Å². The van der Waals surface area contributed by atoms with Crippen LogP contribution in [0.4, 0.5) is 23.4 Å². The summed E-state index contributed by atoms with van der Waals surface area (Å²) in [5.41, 5.74) is 0.476. The minimum absolute atomic E-state index is 0.00896. The Labute approximate surface area is 226 Å². The van der Waals surface area contributed by atoms with Crippen molar-refractivity contribution in [3.63, 3.8) is 0 Å². The van der Waals surface area contributed by atoms with E-state index in [2.05, 4.69) is 10.2 Å². The summed E-state index contributed by atoms with van der Waals surface area (Å²) in [6, 6.07) is 12.8. The minimum atomic E-state index is -4.69. The maximum atomic E-state index is 14.8. The van der Waals surface area contributed by atoms with Crippen LogP contribution < -0.4 is 9.62 Å². The molecule has 0 radical (unpaired) electrons. The molecule has 10 nitrogen and oxygen atoms in total. The van der Waals surface area contributed by atoms with Crippen LogP contribution in [0.1, 0.15) is 27.3 Å². The second-order valence-electron chi connectivity index (χ2n) is 8.92. The fourth-order valence-corrected chi connectivity index (χ4v) is 4.98. The van der Waals surface area contributed by atoms with Crippen LogP contribution in [-0.4, -0.2) is 78.5 Å². The Balaban J connectivity index is 1.33. The number of nitrogens with zero attached hydrogens (tertiary/aromatic N) is 4. The second kappa shape index (κ2) is 11.5. The number of phenols is 1. The predicted octanol–water partition coefficient (Wildman–Crippen LogP) is 2.96. The van der Waals surface area contributed by atoms with Gasteiger partial charge in [0.2, 0.25) is 10.0 Å². The summed E-state index contributed by atoms with van der Waals surface area (Å²) in [7, 11) is -4.52. The molecule has 2 heterocycles. The zero-order valence-electron chi connectivity index (χ0n) is 20.7. The van der Waals surface area contributed by atoms with Gasteiger partial charge in [0.15, 0.2) is 11.5 Å². The molecule has 3 aromatic rings. The fraction of sp³-hybridized carbons (Fsp3) is 0.280. The van der Waals surface area contributed by atoms with Crippen LogP contribution >= 0.6 is 0 Å².